The van der Waals surface area contributed by atoms with E-state index >= 15 is 0 Å². The molecule has 0 saturated carbocycles. The highest BCUT2D eigenvalue weighted by molar-refractivity contribution is 5.97. The van der Waals surface area contributed by atoms with Crippen molar-refractivity contribution >= 4 is 23.4 Å². The van der Waals surface area contributed by atoms with E-state index in [1.54, 1.807) is 17.0 Å². The van der Waals surface area contributed by atoms with Gasteiger partial charge in [-0.25, -0.2) is 0 Å². The number of rotatable bonds is 6. The van der Waals surface area contributed by atoms with Gasteiger partial charge in [-0.2, -0.15) is 0 Å². The zero-order valence-corrected chi connectivity index (χ0v) is 17.8. The molecule has 0 aromatic heterocycles. The third kappa shape index (κ3) is 5.13. The third-order valence-corrected chi connectivity index (χ3v) is 6.10. The van der Waals surface area contributed by atoms with Crippen LogP contribution in [0.4, 0.5) is 5.69 Å². The van der Waals surface area contributed by atoms with Crippen molar-refractivity contribution in [3.63, 3.8) is 0 Å². The van der Waals surface area contributed by atoms with Crippen molar-refractivity contribution in [2.45, 2.75) is 45.1 Å². The first-order valence-corrected chi connectivity index (χ1v) is 11.1. The minimum atomic E-state index is -0.157. The van der Waals surface area contributed by atoms with Gasteiger partial charge in [0.2, 0.25) is 11.8 Å². The molecule has 1 N–H and O–H groups in total. The molecule has 1 saturated heterocycles. The summed E-state index contributed by atoms with van der Waals surface area (Å²) in [7, 11) is 0. The van der Waals surface area contributed by atoms with Crippen molar-refractivity contribution in [2.24, 2.45) is 0 Å². The molecule has 1 fully saturated rings. The number of hydrogen-bond donors (Lipinski definition) is 1. The van der Waals surface area contributed by atoms with E-state index in [0.29, 0.717) is 37.9 Å². The zero-order valence-electron chi connectivity index (χ0n) is 17.8. The third-order valence-electron chi connectivity index (χ3n) is 6.10. The van der Waals surface area contributed by atoms with Gasteiger partial charge in [-0.15, -0.1) is 0 Å². The number of carbonyl (C=O) groups excluding carboxylic acids is 3. The first-order valence-electron chi connectivity index (χ1n) is 11.1. The molecule has 31 heavy (non-hydrogen) atoms. The fraction of sp³-hybridized carbons (Fsp3) is 0.400. The van der Waals surface area contributed by atoms with Crippen LogP contribution in [0.15, 0.2) is 48.5 Å². The maximum Gasteiger partial charge on any atom is 0.251 e. The topological polar surface area (TPSA) is 69.7 Å². The lowest BCUT2D eigenvalue weighted by atomic mass is 9.99. The monoisotopic (exact) mass is 419 g/mol. The van der Waals surface area contributed by atoms with Crippen LogP contribution in [0.25, 0.3) is 0 Å². The van der Waals surface area contributed by atoms with Gasteiger partial charge in [0.05, 0.1) is 0 Å². The molecule has 2 aliphatic rings. The van der Waals surface area contributed by atoms with Crippen molar-refractivity contribution in [1.29, 1.82) is 0 Å². The maximum absolute atomic E-state index is 12.5. The average Bonchev–Trinajstić information content (AvgIpc) is 2.81. The van der Waals surface area contributed by atoms with Crippen LogP contribution < -0.4 is 10.2 Å². The van der Waals surface area contributed by atoms with Gasteiger partial charge in [0.25, 0.3) is 5.91 Å². The molecule has 0 radical (unpaired) electrons. The Hall–Kier alpha value is -3.15. The molecule has 0 aliphatic carbocycles. The van der Waals surface area contributed by atoms with Gasteiger partial charge in [-0.05, 0) is 61.1 Å². The Morgan fingerprint density at radius 2 is 1.68 bits per heavy atom. The molecule has 0 bridgehead atoms. The Bertz CT molecular complexity index is 955. The second kappa shape index (κ2) is 9.77. The summed E-state index contributed by atoms with van der Waals surface area (Å²) in [6, 6.07) is 15.4. The Labute approximate surface area is 183 Å². The van der Waals surface area contributed by atoms with Gasteiger partial charge < -0.3 is 15.1 Å². The zero-order chi connectivity index (χ0) is 21.6. The molecule has 2 aromatic carbocycles. The standard InChI is InChI=1S/C25H29N3O3/c29-23(27-17-14-19-6-1-2-7-21(19)18-27)9-5-15-26-25(31)20-10-12-22(13-11-20)28-16-4-3-8-24(28)30/h1-2,6-7,10-13H,3-5,8-9,14-18H2,(H,26,31). The quantitative estimate of drug-likeness (QED) is 0.731. The van der Waals surface area contributed by atoms with Crippen molar-refractivity contribution in [1.82, 2.24) is 10.2 Å². The van der Waals surface area contributed by atoms with Gasteiger partial charge in [0, 0.05) is 50.3 Å². The first-order chi connectivity index (χ1) is 15.1. The summed E-state index contributed by atoms with van der Waals surface area (Å²) in [5.74, 6) is 0.125. The molecule has 0 unspecified atom stereocenters. The normalized spacial score (nSPS) is 16.1. The molecule has 4 rings (SSSR count). The molecule has 162 valence electrons. The summed E-state index contributed by atoms with van der Waals surface area (Å²) < 4.78 is 0. The van der Waals surface area contributed by atoms with E-state index in [1.165, 1.54) is 11.1 Å². The highest BCUT2D eigenvalue weighted by atomic mass is 16.2. The minimum absolute atomic E-state index is 0.138. The molecular weight excluding hydrogens is 390 g/mol. The van der Waals surface area contributed by atoms with Crippen LogP contribution in [0.2, 0.25) is 0 Å². The summed E-state index contributed by atoms with van der Waals surface area (Å²) in [5, 5.41) is 2.89. The van der Waals surface area contributed by atoms with Crippen LogP contribution in [0.5, 0.6) is 0 Å². The van der Waals surface area contributed by atoms with Crippen LogP contribution in [-0.4, -0.2) is 42.3 Å². The summed E-state index contributed by atoms with van der Waals surface area (Å²) >= 11 is 0. The predicted molar refractivity (Wildman–Crippen MR) is 120 cm³/mol. The number of hydrogen-bond acceptors (Lipinski definition) is 3. The van der Waals surface area contributed by atoms with Crippen molar-refractivity contribution in [3.8, 4) is 0 Å². The summed E-state index contributed by atoms with van der Waals surface area (Å²) in [4.78, 5) is 40.6. The van der Waals surface area contributed by atoms with E-state index in [9.17, 15) is 14.4 Å². The lowest BCUT2D eigenvalue weighted by Crippen LogP contribution is -2.36. The lowest BCUT2D eigenvalue weighted by Gasteiger charge is -2.29. The Balaban J connectivity index is 1.21. The summed E-state index contributed by atoms with van der Waals surface area (Å²) in [6.07, 6.45) is 4.49. The molecule has 2 aromatic rings. The number of nitrogens with one attached hydrogen (secondary N) is 1. The smallest absolute Gasteiger partial charge is 0.251 e. The number of benzene rings is 2. The molecule has 3 amide bonds. The number of nitrogens with zero attached hydrogens (tertiary/aromatic N) is 2. The first kappa shape index (κ1) is 21.1. The maximum atomic E-state index is 12.5. The predicted octanol–water partition coefficient (Wildman–Crippen LogP) is 3.30. The van der Waals surface area contributed by atoms with Gasteiger partial charge in [0.1, 0.15) is 0 Å². The van der Waals surface area contributed by atoms with Crippen LogP contribution in [0, 0.1) is 0 Å². The Morgan fingerprint density at radius 1 is 0.903 bits per heavy atom. The van der Waals surface area contributed by atoms with Gasteiger partial charge in [-0.1, -0.05) is 24.3 Å². The highest BCUT2D eigenvalue weighted by Gasteiger charge is 2.21. The fourth-order valence-electron chi connectivity index (χ4n) is 4.28. The number of piperidine rings is 1. The summed E-state index contributed by atoms with van der Waals surface area (Å²) in [5.41, 5.74) is 3.96. The van der Waals surface area contributed by atoms with E-state index in [1.807, 2.05) is 29.2 Å². The van der Waals surface area contributed by atoms with Crippen molar-refractivity contribution < 1.29 is 14.4 Å². The largest absolute Gasteiger partial charge is 0.352 e. The number of fused-ring (bicyclic) bond motifs is 1. The van der Waals surface area contributed by atoms with Gasteiger partial charge >= 0.3 is 0 Å². The van der Waals surface area contributed by atoms with E-state index in [2.05, 4.69) is 17.4 Å². The molecule has 6 nitrogen and oxygen atoms in total. The van der Waals surface area contributed by atoms with E-state index in [4.69, 9.17) is 0 Å². The highest BCUT2D eigenvalue weighted by Crippen LogP contribution is 2.21. The van der Waals surface area contributed by atoms with Crippen LogP contribution in [0.3, 0.4) is 0 Å². The second-order valence-corrected chi connectivity index (χ2v) is 8.24. The van der Waals surface area contributed by atoms with Crippen LogP contribution in [0.1, 0.15) is 53.6 Å². The van der Waals surface area contributed by atoms with E-state index in [-0.39, 0.29) is 17.7 Å². The molecule has 2 aliphatic heterocycles. The Kier molecular flexibility index (Phi) is 6.65. The molecule has 0 spiro atoms. The number of anilines is 1. The Morgan fingerprint density at radius 3 is 2.45 bits per heavy atom. The average molecular weight is 420 g/mol. The van der Waals surface area contributed by atoms with Gasteiger partial charge in [0.15, 0.2) is 0 Å². The van der Waals surface area contributed by atoms with Crippen LogP contribution >= 0.6 is 0 Å². The van der Waals surface area contributed by atoms with Crippen LogP contribution in [-0.2, 0) is 22.6 Å². The number of carbonyl (C=O) groups is 3. The summed E-state index contributed by atoms with van der Waals surface area (Å²) in [6.45, 7) is 2.63. The molecule has 0 atom stereocenters. The number of amides is 3. The molecule has 6 heteroatoms. The van der Waals surface area contributed by atoms with Crippen molar-refractivity contribution in [2.75, 3.05) is 24.5 Å². The van der Waals surface area contributed by atoms with E-state index < -0.39 is 0 Å². The van der Waals surface area contributed by atoms with Gasteiger partial charge in [-0.3, -0.25) is 14.4 Å². The fourth-order valence-corrected chi connectivity index (χ4v) is 4.28. The SMILES string of the molecule is O=C(NCCCC(=O)N1CCc2ccccc2C1)c1ccc(N2CCCCC2=O)cc1. The molecule has 2 heterocycles. The van der Waals surface area contributed by atoms with Crippen molar-refractivity contribution in [3.05, 3.63) is 65.2 Å². The molecular formula is C25H29N3O3. The minimum Gasteiger partial charge on any atom is -0.352 e. The van der Waals surface area contributed by atoms with E-state index in [0.717, 1.165) is 38.0 Å². The lowest BCUT2D eigenvalue weighted by molar-refractivity contribution is -0.132. The second-order valence-electron chi connectivity index (χ2n) is 8.24.